The standard InChI is InChI=1S/C14H19N3O3/c1-9(2)8-20-14(18)12-13(19-4)11-10(17(3)16-12)6-5-7-15-11/h5-7,9,13H,8H2,1-4H3. The molecule has 0 saturated heterocycles. The first-order valence-corrected chi connectivity index (χ1v) is 6.51. The Hall–Kier alpha value is -1.95. The molecule has 0 N–H and O–H groups in total. The van der Waals surface area contributed by atoms with E-state index in [0.717, 1.165) is 5.69 Å². The van der Waals surface area contributed by atoms with Crippen molar-refractivity contribution in [1.82, 2.24) is 4.98 Å². The van der Waals surface area contributed by atoms with E-state index in [-0.39, 0.29) is 11.6 Å². The van der Waals surface area contributed by atoms with Gasteiger partial charge in [0.1, 0.15) is 5.69 Å². The summed E-state index contributed by atoms with van der Waals surface area (Å²) in [6.07, 6.45) is 1.07. The number of methoxy groups -OCH3 is 1. The van der Waals surface area contributed by atoms with Crippen molar-refractivity contribution < 1.29 is 14.3 Å². The summed E-state index contributed by atoms with van der Waals surface area (Å²) in [4.78, 5) is 16.4. The molecule has 0 aliphatic carbocycles. The Morgan fingerprint density at radius 2 is 2.25 bits per heavy atom. The Morgan fingerprint density at radius 3 is 2.90 bits per heavy atom. The minimum atomic E-state index is -0.595. The van der Waals surface area contributed by atoms with Crippen molar-refractivity contribution >= 4 is 17.4 Å². The maximum Gasteiger partial charge on any atom is 0.357 e. The van der Waals surface area contributed by atoms with Crippen LogP contribution in [0.3, 0.4) is 0 Å². The minimum Gasteiger partial charge on any atom is -0.461 e. The van der Waals surface area contributed by atoms with E-state index < -0.39 is 12.1 Å². The summed E-state index contributed by atoms with van der Waals surface area (Å²) in [6.45, 7) is 4.31. The van der Waals surface area contributed by atoms with E-state index in [0.29, 0.717) is 12.3 Å². The zero-order valence-corrected chi connectivity index (χ0v) is 12.2. The Kier molecular flexibility index (Phi) is 4.34. The lowest BCUT2D eigenvalue weighted by atomic mass is 10.1. The third-order valence-corrected chi connectivity index (χ3v) is 2.91. The molecule has 1 aliphatic heterocycles. The van der Waals surface area contributed by atoms with Gasteiger partial charge in [-0.25, -0.2) is 4.79 Å². The van der Waals surface area contributed by atoms with Crippen LogP contribution in [0.1, 0.15) is 25.6 Å². The lowest BCUT2D eigenvalue weighted by Gasteiger charge is -2.28. The predicted octanol–water partition coefficient (Wildman–Crippen LogP) is 1.77. The summed E-state index contributed by atoms with van der Waals surface area (Å²) in [7, 11) is 3.29. The van der Waals surface area contributed by atoms with Gasteiger partial charge in [-0.15, -0.1) is 0 Å². The first kappa shape index (κ1) is 14.5. The molecule has 1 aromatic heterocycles. The molecule has 0 amide bonds. The third kappa shape index (κ3) is 2.80. The van der Waals surface area contributed by atoms with E-state index in [1.165, 1.54) is 7.11 Å². The number of ether oxygens (including phenoxy) is 2. The van der Waals surface area contributed by atoms with Crippen molar-refractivity contribution in [3.05, 3.63) is 24.0 Å². The molecule has 0 bridgehead atoms. The van der Waals surface area contributed by atoms with Gasteiger partial charge in [0, 0.05) is 20.4 Å². The zero-order chi connectivity index (χ0) is 14.7. The number of anilines is 1. The van der Waals surface area contributed by atoms with Gasteiger partial charge in [-0.2, -0.15) is 5.10 Å². The second-order valence-electron chi connectivity index (χ2n) is 5.02. The molecule has 0 fully saturated rings. The molecule has 0 radical (unpaired) electrons. The number of aromatic nitrogens is 1. The van der Waals surface area contributed by atoms with Gasteiger partial charge in [0.2, 0.25) is 0 Å². The maximum absolute atomic E-state index is 12.1. The number of hydrazone groups is 1. The number of hydrogen-bond acceptors (Lipinski definition) is 6. The topological polar surface area (TPSA) is 64.0 Å². The van der Waals surface area contributed by atoms with Crippen molar-refractivity contribution in [2.45, 2.75) is 20.0 Å². The Balaban J connectivity index is 2.28. The highest BCUT2D eigenvalue weighted by Gasteiger charge is 2.34. The molecule has 0 aromatic carbocycles. The molecule has 6 nitrogen and oxygen atoms in total. The zero-order valence-electron chi connectivity index (χ0n) is 12.2. The molecule has 108 valence electrons. The number of carbonyl (C=O) groups is 1. The summed E-state index contributed by atoms with van der Waals surface area (Å²) in [5.74, 6) is -0.194. The fourth-order valence-corrected chi connectivity index (χ4v) is 1.97. The number of nitrogens with zero attached hydrogens (tertiary/aromatic N) is 3. The number of carbonyl (C=O) groups excluding carboxylic acids is 1. The summed E-state index contributed by atoms with van der Waals surface area (Å²) >= 11 is 0. The van der Waals surface area contributed by atoms with Crippen LogP contribution in [-0.2, 0) is 14.3 Å². The van der Waals surface area contributed by atoms with Crippen molar-refractivity contribution in [2.24, 2.45) is 11.0 Å². The van der Waals surface area contributed by atoms with Gasteiger partial charge < -0.3 is 9.47 Å². The smallest absolute Gasteiger partial charge is 0.357 e. The third-order valence-electron chi connectivity index (χ3n) is 2.91. The molecule has 2 rings (SSSR count). The highest BCUT2D eigenvalue weighted by molar-refractivity contribution is 6.38. The van der Waals surface area contributed by atoms with Crippen LogP contribution in [0, 0.1) is 5.92 Å². The first-order chi connectivity index (χ1) is 9.54. The molecule has 1 unspecified atom stereocenters. The average Bonchev–Trinajstić information content (AvgIpc) is 2.44. The van der Waals surface area contributed by atoms with Gasteiger partial charge >= 0.3 is 5.97 Å². The monoisotopic (exact) mass is 277 g/mol. The van der Waals surface area contributed by atoms with Crippen LogP contribution in [0.15, 0.2) is 23.4 Å². The van der Waals surface area contributed by atoms with Crippen LogP contribution in [-0.4, -0.2) is 37.4 Å². The summed E-state index contributed by atoms with van der Waals surface area (Å²) < 4.78 is 10.6. The normalized spacial score (nSPS) is 17.8. The molecular weight excluding hydrogens is 258 g/mol. The van der Waals surface area contributed by atoms with Gasteiger partial charge in [-0.3, -0.25) is 9.99 Å². The van der Waals surface area contributed by atoms with Crippen LogP contribution in [0.25, 0.3) is 0 Å². The number of hydrogen-bond donors (Lipinski definition) is 0. The molecule has 1 atom stereocenters. The Morgan fingerprint density at radius 1 is 1.50 bits per heavy atom. The van der Waals surface area contributed by atoms with Crippen molar-refractivity contribution in [2.75, 3.05) is 25.8 Å². The quantitative estimate of drug-likeness (QED) is 0.785. The van der Waals surface area contributed by atoms with Crippen molar-refractivity contribution in [3.63, 3.8) is 0 Å². The number of rotatable bonds is 4. The number of pyridine rings is 1. The van der Waals surface area contributed by atoms with Gasteiger partial charge in [-0.1, -0.05) is 13.8 Å². The fourth-order valence-electron chi connectivity index (χ4n) is 1.97. The van der Waals surface area contributed by atoms with Crippen LogP contribution >= 0.6 is 0 Å². The molecule has 20 heavy (non-hydrogen) atoms. The van der Waals surface area contributed by atoms with Crippen molar-refractivity contribution in [3.8, 4) is 0 Å². The van der Waals surface area contributed by atoms with E-state index in [4.69, 9.17) is 9.47 Å². The Labute approximate surface area is 118 Å². The molecule has 0 spiro atoms. The SMILES string of the molecule is COC1C(C(=O)OCC(C)C)=NN(C)c2cccnc21. The summed E-state index contributed by atoms with van der Waals surface area (Å²) in [5, 5.41) is 5.88. The average molecular weight is 277 g/mol. The van der Waals surface area contributed by atoms with E-state index in [1.807, 2.05) is 26.0 Å². The van der Waals surface area contributed by atoms with E-state index >= 15 is 0 Å². The number of esters is 1. The van der Waals surface area contributed by atoms with Crippen molar-refractivity contribution in [1.29, 1.82) is 0 Å². The molecule has 1 aliphatic rings. The Bertz CT molecular complexity index is 528. The minimum absolute atomic E-state index is 0.224. The molecule has 2 heterocycles. The van der Waals surface area contributed by atoms with Crippen LogP contribution in [0.2, 0.25) is 0 Å². The van der Waals surface area contributed by atoms with E-state index in [9.17, 15) is 4.79 Å². The van der Waals surface area contributed by atoms with Crippen LogP contribution in [0.5, 0.6) is 0 Å². The first-order valence-electron chi connectivity index (χ1n) is 6.51. The van der Waals surface area contributed by atoms with E-state index in [2.05, 4.69) is 10.1 Å². The summed E-state index contributed by atoms with van der Waals surface area (Å²) in [6, 6.07) is 3.70. The van der Waals surface area contributed by atoms with Gasteiger partial charge in [0.15, 0.2) is 11.8 Å². The largest absolute Gasteiger partial charge is 0.461 e. The van der Waals surface area contributed by atoms with E-state index in [1.54, 1.807) is 18.3 Å². The maximum atomic E-state index is 12.1. The lowest BCUT2D eigenvalue weighted by Crippen LogP contribution is -2.34. The second kappa shape index (κ2) is 6.00. The van der Waals surface area contributed by atoms with Gasteiger partial charge in [-0.05, 0) is 18.1 Å². The molecule has 0 saturated carbocycles. The van der Waals surface area contributed by atoms with Gasteiger partial charge in [0.05, 0.1) is 12.3 Å². The number of fused-ring (bicyclic) bond motifs is 1. The van der Waals surface area contributed by atoms with Crippen LogP contribution < -0.4 is 5.01 Å². The molecular formula is C14H19N3O3. The lowest BCUT2D eigenvalue weighted by molar-refractivity contribution is -0.137. The molecule has 6 heteroatoms. The van der Waals surface area contributed by atoms with Gasteiger partial charge in [0.25, 0.3) is 0 Å². The second-order valence-corrected chi connectivity index (χ2v) is 5.02. The fraction of sp³-hybridized carbons (Fsp3) is 0.500. The molecule has 1 aromatic rings. The highest BCUT2D eigenvalue weighted by Crippen LogP contribution is 2.31. The van der Waals surface area contributed by atoms with Crippen LogP contribution in [0.4, 0.5) is 5.69 Å². The highest BCUT2D eigenvalue weighted by atomic mass is 16.5. The summed E-state index contributed by atoms with van der Waals surface area (Å²) in [5.41, 5.74) is 1.71. The predicted molar refractivity (Wildman–Crippen MR) is 75.6 cm³/mol.